The van der Waals surface area contributed by atoms with Crippen LogP contribution in [0.1, 0.15) is 5.56 Å². The number of nitrogens with one attached hydrogen (secondary N) is 1. The highest BCUT2D eigenvalue weighted by Crippen LogP contribution is 2.11. The molecular formula is C13H21ClN2O2. The lowest BCUT2D eigenvalue weighted by molar-refractivity contribution is -0.131. The van der Waals surface area contributed by atoms with Crippen molar-refractivity contribution in [2.24, 2.45) is 0 Å². The van der Waals surface area contributed by atoms with Crippen LogP contribution in [0.4, 0.5) is 0 Å². The molecule has 18 heavy (non-hydrogen) atoms. The highest BCUT2D eigenvalue weighted by molar-refractivity contribution is 5.85. The smallest absolute Gasteiger partial charge is 0.260 e. The first-order valence-electron chi connectivity index (χ1n) is 5.71. The Labute approximate surface area is 115 Å². The Morgan fingerprint density at radius 1 is 1.33 bits per heavy atom. The molecule has 1 aromatic rings. The number of rotatable bonds is 6. The minimum atomic E-state index is -0.0131. The van der Waals surface area contributed by atoms with Gasteiger partial charge in [0.05, 0.1) is 0 Å². The average Bonchev–Trinajstić information content (AvgIpc) is 2.34. The summed E-state index contributed by atoms with van der Waals surface area (Å²) in [7, 11) is 3.64. The molecule has 0 aliphatic rings. The summed E-state index contributed by atoms with van der Waals surface area (Å²) in [5.41, 5.74) is 1.18. The van der Waals surface area contributed by atoms with Crippen LogP contribution in [0.5, 0.6) is 5.75 Å². The van der Waals surface area contributed by atoms with Crippen LogP contribution >= 0.6 is 12.4 Å². The molecule has 5 heteroatoms. The van der Waals surface area contributed by atoms with Crippen LogP contribution in [0.25, 0.3) is 0 Å². The molecule has 1 aromatic carbocycles. The molecule has 0 radical (unpaired) electrons. The predicted octanol–water partition coefficient (Wildman–Crippen LogP) is 1.47. The van der Waals surface area contributed by atoms with E-state index in [0.717, 1.165) is 12.3 Å². The second-order valence-electron chi connectivity index (χ2n) is 4.02. The summed E-state index contributed by atoms with van der Waals surface area (Å²) in [5, 5.41) is 3.00. The van der Waals surface area contributed by atoms with Crippen LogP contribution in [0, 0.1) is 6.92 Å². The number of nitrogens with zero attached hydrogens (tertiary/aromatic N) is 1. The van der Waals surface area contributed by atoms with Gasteiger partial charge in [0.15, 0.2) is 6.61 Å². The monoisotopic (exact) mass is 272 g/mol. The van der Waals surface area contributed by atoms with Gasteiger partial charge in [0.1, 0.15) is 5.75 Å². The summed E-state index contributed by atoms with van der Waals surface area (Å²) in [6.45, 7) is 3.57. The third kappa shape index (κ3) is 5.89. The molecule has 4 nitrogen and oxygen atoms in total. The van der Waals surface area contributed by atoms with Crippen molar-refractivity contribution in [3.8, 4) is 5.75 Å². The predicted molar refractivity (Wildman–Crippen MR) is 75.5 cm³/mol. The summed E-state index contributed by atoms with van der Waals surface area (Å²) in [6, 6.07) is 7.67. The Bertz CT molecular complexity index is 355. The molecule has 0 saturated carbocycles. The van der Waals surface area contributed by atoms with Gasteiger partial charge in [0, 0.05) is 20.1 Å². The number of hydrogen-bond acceptors (Lipinski definition) is 3. The number of amides is 1. The minimum Gasteiger partial charge on any atom is -0.484 e. The zero-order valence-corrected chi connectivity index (χ0v) is 11.9. The molecule has 102 valence electrons. The van der Waals surface area contributed by atoms with E-state index in [0.29, 0.717) is 6.54 Å². The lowest BCUT2D eigenvalue weighted by atomic mass is 10.2. The lowest BCUT2D eigenvalue weighted by Crippen LogP contribution is -2.35. The molecule has 1 amide bonds. The van der Waals surface area contributed by atoms with Gasteiger partial charge in [-0.05, 0) is 26.1 Å². The number of hydrogen-bond donors (Lipinski definition) is 1. The Kier molecular flexibility index (Phi) is 8.16. The molecule has 0 aliphatic carbocycles. The third-order valence-corrected chi connectivity index (χ3v) is 2.51. The summed E-state index contributed by atoms with van der Waals surface area (Å²) in [6.07, 6.45) is 0. The summed E-state index contributed by atoms with van der Waals surface area (Å²) < 4.78 is 5.41. The number of carbonyl (C=O) groups excluding carboxylic acids is 1. The van der Waals surface area contributed by atoms with Crippen LogP contribution in [-0.4, -0.2) is 44.6 Å². The Balaban J connectivity index is 0.00000289. The number of halogens is 1. The van der Waals surface area contributed by atoms with Gasteiger partial charge < -0.3 is 15.0 Å². The van der Waals surface area contributed by atoms with E-state index in [9.17, 15) is 4.79 Å². The van der Waals surface area contributed by atoms with E-state index in [4.69, 9.17) is 4.74 Å². The normalized spacial score (nSPS) is 9.50. The maximum absolute atomic E-state index is 11.7. The molecule has 0 saturated heterocycles. The van der Waals surface area contributed by atoms with Gasteiger partial charge in [0.2, 0.25) is 0 Å². The first-order chi connectivity index (χ1) is 8.13. The molecule has 0 heterocycles. The fourth-order valence-electron chi connectivity index (χ4n) is 1.29. The van der Waals surface area contributed by atoms with E-state index in [1.54, 1.807) is 11.9 Å². The number of benzene rings is 1. The second-order valence-corrected chi connectivity index (χ2v) is 4.02. The molecule has 0 spiro atoms. The van der Waals surface area contributed by atoms with Crippen LogP contribution in [0.3, 0.4) is 0 Å². The van der Waals surface area contributed by atoms with Crippen LogP contribution < -0.4 is 10.1 Å². The van der Waals surface area contributed by atoms with Crippen molar-refractivity contribution in [1.82, 2.24) is 10.2 Å². The van der Waals surface area contributed by atoms with Crippen molar-refractivity contribution in [2.45, 2.75) is 6.92 Å². The quantitative estimate of drug-likeness (QED) is 0.853. The van der Waals surface area contributed by atoms with Crippen LogP contribution in [0.2, 0.25) is 0 Å². The maximum atomic E-state index is 11.7. The summed E-state index contributed by atoms with van der Waals surface area (Å²) in [5.74, 6) is 0.715. The molecular weight excluding hydrogens is 252 g/mol. The number of ether oxygens (including phenoxy) is 1. The first kappa shape index (κ1) is 16.7. The topological polar surface area (TPSA) is 41.6 Å². The summed E-state index contributed by atoms with van der Waals surface area (Å²) >= 11 is 0. The average molecular weight is 273 g/mol. The number of aryl methyl sites for hydroxylation is 1. The molecule has 1 N–H and O–H groups in total. The van der Waals surface area contributed by atoms with E-state index in [-0.39, 0.29) is 24.9 Å². The molecule has 0 unspecified atom stereocenters. The largest absolute Gasteiger partial charge is 0.484 e. The SMILES string of the molecule is CNCCN(C)C(=O)COc1ccc(C)cc1.Cl. The Morgan fingerprint density at radius 3 is 2.50 bits per heavy atom. The third-order valence-electron chi connectivity index (χ3n) is 2.51. The van der Waals surface area contributed by atoms with Crippen LogP contribution in [-0.2, 0) is 4.79 Å². The maximum Gasteiger partial charge on any atom is 0.260 e. The second kappa shape index (κ2) is 8.78. The van der Waals surface area contributed by atoms with Gasteiger partial charge in [-0.3, -0.25) is 4.79 Å². The van der Waals surface area contributed by atoms with E-state index >= 15 is 0 Å². The Hall–Kier alpha value is -1.26. The van der Waals surface area contributed by atoms with E-state index in [1.807, 2.05) is 38.2 Å². The van der Waals surface area contributed by atoms with E-state index in [2.05, 4.69) is 5.32 Å². The van der Waals surface area contributed by atoms with Gasteiger partial charge in [-0.15, -0.1) is 12.4 Å². The van der Waals surface area contributed by atoms with Crippen molar-refractivity contribution in [2.75, 3.05) is 33.8 Å². The van der Waals surface area contributed by atoms with Crippen molar-refractivity contribution < 1.29 is 9.53 Å². The fraction of sp³-hybridized carbons (Fsp3) is 0.462. The fourth-order valence-corrected chi connectivity index (χ4v) is 1.29. The lowest BCUT2D eigenvalue weighted by Gasteiger charge is -2.17. The molecule has 0 aromatic heterocycles. The van der Waals surface area contributed by atoms with Crippen molar-refractivity contribution in [1.29, 1.82) is 0 Å². The zero-order valence-electron chi connectivity index (χ0n) is 11.1. The van der Waals surface area contributed by atoms with Crippen molar-refractivity contribution >= 4 is 18.3 Å². The Morgan fingerprint density at radius 2 is 1.94 bits per heavy atom. The highest BCUT2D eigenvalue weighted by atomic mass is 35.5. The van der Waals surface area contributed by atoms with E-state index in [1.165, 1.54) is 5.56 Å². The number of carbonyl (C=O) groups is 1. The van der Waals surface area contributed by atoms with Gasteiger partial charge >= 0.3 is 0 Å². The molecule has 0 aliphatic heterocycles. The standard InChI is InChI=1S/C13H20N2O2.ClH/c1-11-4-6-12(7-5-11)17-10-13(16)15(3)9-8-14-2;/h4-7,14H,8-10H2,1-3H3;1H. The molecule has 0 fully saturated rings. The zero-order chi connectivity index (χ0) is 12.7. The van der Waals surface area contributed by atoms with E-state index < -0.39 is 0 Å². The molecule has 0 bridgehead atoms. The van der Waals surface area contributed by atoms with Crippen molar-refractivity contribution in [3.63, 3.8) is 0 Å². The minimum absolute atomic E-state index is 0. The van der Waals surface area contributed by atoms with Crippen molar-refractivity contribution in [3.05, 3.63) is 29.8 Å². The van der Waals surface area contributed by atoms with Gasteiger partial charge in [-0.25, -0.2) is 0 Å². The first-order valence-corrected chi connectivity index (χ1v) is 5.71. The van der Waals surface area contributed by atoms with Crippen LogP contribution in [0.15, 0.2) is 24.3 Å². The van der Waals surface area contributed by atoms with Gasteiger partial charge in [-0.2, -0.15) is 0 Å². The van der Waals surface area contributed by atoms with Gasteiger partial charge in [-0.1, -0.05) is 17.7 Å². The molecule has 1 rings (SSSR count). The number of likely N-dealkylation sites (N-methyl/N-ethyl adjacent to an activating group) is 2. The molecule has 0 atom stereocenters. The summed E-state index contributed by atoms with van der Waals surface area (Å²) in [4.78, 5) is 13.3. The van der Waals surface area contributed by atoms with Gasteiger partial charge in [0.25, 0.3) is 5.91 Å². The highest BCUT2D eigenvalue weighted by Gasteiger charge is 2.08.